The fourth-order valence-corrected chi connectivity index (χ4v) is 6.45. The molecule has 29 heavy (non-hydrogen) atoms. The summed E-state index contributed by atoms with van der Waals surface area (Å²) in [6, 6.07) is 7.71. The second kappa shape index (κ2) is 9.53. The number of rotatable bonds is 7. The van der Waals surface area contributed by atoms with Crippen molar-refractivity contribution in [1.82, 2.24) is 14.2 Å². The van der Waals surface area contributed by atoms with Crippen LogP contribution in [0.1, 0.15) is 30.2 Å². The van der Waals surface area contributed by atoms with E-state index in [2.05, 4.69) is 32.7 Å². The van der Waals surface area contributed by atoms with Crippen molar-refractivity contribution in [2.45, 2.75) is 30.2 Å². The van der Waals surface area contributed by atoms with Gasteiger partial charge in [0.05, 0.1) is 19.3 Å². The maximum absolute atomic E-state index is 13.2. The van der Waals surface area contributed by atoms with Crippen LogP contribution in [0.3, 0.4) is 0 Å². The van der Waals surface area contributed by atoms with E-state index in [4.69, 9.17) is 4.74 Å². The van der Waals surface area contributed by atoms with Crippen LogP contribution in [-0.4, -0.2) is 68.5 Å². The van der Waals surface area contributed by atoms with Gasteiger partial charge in [0.1, 0.15) is 10.7 Å². The van der Waals surface area contributed by atoms with Gasteiger partial charge in [0.15, 0.2) is 0 Å². The SMILES string of the molecule is O=S(=O)(c1cccnc1NCC(c1cccs1)N1CCOCC1)N1CCCCC1. The average molecular weight is 437 g/mol. The minimum absolute atomic E-state index is 0.159. The summed E-state index contributed by atoms with van der Waals surface area (Å²) in [4.78, 5) is 8.31. The lowest BCUT2D eigenvalue weighted by molar-refractivity contribution is 0.0194. The molecule has 2 aromatic rings. The number of thiophene rings is 1. The highest BCUT2D eigenvalue weighted by Crippen LogP contribution is 2.29. The minimum atomic E-state index is -3.54. The van der Waals surface area contributed by atoms with Gasteiger partial charge in [-0.15, -0.1) is 11.3 Å². The quantitative estimate of drug-likeness (QED) is 0.719. The van der Waals surface area contributed by atoms with Gasteiger partial charge in [-0.3, -0.25) is 4.90 Å². The summed E-state index contributed by atoms with van der Waals surface area (Å²) in [7, 11) is -3.54. The number of ether oxygens (including phenoxy) is 1. The molecule has 2 aliphatic heterocycles. The van der Waals surface area contributed by atoms with E-state index in [1.54, 1.807) is 34.0 Å². The molecule has 4 rings (SSSR count). The number of anilines is 1. The van der Waals surface area contributed by atoms with Crippen molar-refractivity contribution in [1.29, 1.82) is 0 Å². The van der Waals surface area contributed by atoms with Crippen molar-refractivity contribution in [3.05, 3.63) is 40.7 Å². The summed E-state index contributed by atoms with van der Waals surface area (Å²) in [6.07, 6.45) is 4.57. The summed E-state index contributed by atoms with van der Waals surface area (Å²) in [6.45, 7) is 4.95. The first kappa shape index (κ1) is 20.7. The van der Waals surface area contributed by atoms with Gasteiger partial charge >= 0.3 is 0 Å². The maximum Gasteiger partial charge on any atom is 0.246 e. The molecule has 2 aliphatic rings. The number of sulfonamides is 1. The molecule has 0 amide bonds. The second-order valence-electron chi connectivity index (χ2n) is 7.38. The third kappa shape index (κ3) is 4.80. The van der Waals surface area contributed by atoms with Gasteiger partial charge in [0.2, 0.25) is 10.0 Å². The Labute approximate surface area is 176 Å². The van der Waals surface area contributed by atoms with Crippen LogP contribution in [0, 0.1) is 0 Å². The maximum atomic E-state index is 13.2. The molecular weight excluding hydrogens is 408 g/mol. The Bertz CT molecular complexity index is 877. The van der Waals surface area contributed by atoms with E-state index < -0.39 is 10.0 Å². The molecule has 1 atom stereocenters. The smallest absolute Gasteiger partial charge is 0.246 e. The molecule has 0 radical (unpaired) electrons. The third-order valence-corrected chi connectivity index (χ3v) is 8.43. The molecule has 2 fully saturated rings. The molecule has 7 nitrogen and oxygen atoms in total. The number of piperidine rings is 1. The molecule has 2 saturated heterocycles. The van der Waals surface area contributed by atoms with Gasteiger partial charge < -0.3 is 10.1 Å². The Kier molecular flexibility index (Phi) is 6.81. The van der Waals surface area contributed by atoms with Crippen molar-refractivity contribution in [3.63, 3.8) is 0 Å². The van der Waals surface area contributed by atoms with Crippen LogP contribution < -0.4 is 5.32 Å². The number of hydrogen-bond donors (Lipinski definition) is 1. The summed E-state index contributed by atoms with van der Waals surface area (Å²) >= 11 is 1.72. The highest BCUT2D eigenvalue weighted by molar-refractivity contribution is 7.89. The van der Waals surface area contributed by atoms with Gasteiger partial charge in [-0.1, -0.05) is 12.5 Å². The van der Waals surface area contributed by atoms with Gasteiger partial charge in [-0.2, -0.15) is 4.31 Å². The Morgan fingerprint density at radius 1 is 1.10 bits per heavy atom. The van der Waals surface area contributed by atoms with E-state index in [0.29, 0.717) is 25.5 Å². The Morgan fingerprint density at radius 2 is 1.90 bits per heavy atom. The molecule has 0 aromatic carbocycles. The first-order chi connectivity index (χ1) is 14.2. The zero-order chi connectivity index (χ0) is 20.1. The highest BCUT2D eigenvalue weighted by atomic mass is 32.2. The number of morpholine rings is 1. The Morgan fingerprint density at radius 3 is 2.62 bits per heavy atom. The van der Waals surface area contributed by atoms with Crippen LogP contribution in [0.5, 0.6) is 0 Å². The van der Waals surface area contributed by atoms with Crippen LogP contribution >= 0.6 is 11.3 Å². The van der Waals surface area contributed by atoms with Crippen molar-refractivity contribution < 1.29 is 13.2 Å². The molecule has 0 bridgehead atoms. The summed E-state index contributed by atoms with van der Waals surface area (Å²) in [5.74, 6) is 0.438. The van der Waals surface area contributed by atoms with E-state index in [1.165, 1.54) is 4.88 Å². The normalized spacial score (nSPS) is 20.4. The molecule has 1 unspecified atom stereocenters. The predicted molar refractivity (Wildman–Crippen MR) is 115 cm³/mol. The summed E-state index contributed by atoms with van der Waals surface area (Å²) in [5, 5.41) is 5.43. The van der Waals surface area contributed by atoms with E-state index >= 15 is 0 Å². The monoisotopic (exact) mass is 436 g/mol. The number of hydrogen-bond acceptors (Lipinski definition) is 7. The molecule has 4 heterocycles. The van der Waals surface area contributed by atoms with Crippen molar-refractivity contribution >= 4 is 27.2 Å². The number of nitrogens with one attached hydrogen (secondary N) is 1. The zero-order valence-corrected chi connectivity index (χ0v) is 18.1. The molecule has 0 saturated carbocycles. The van der Waals surface area contributed by atoms with Crippen LogP contribution in [0.2, 0.25) is 0 Å². The van der Waals surface area contributed by atoms with E-state index in [9.17, 15) is 8.42 Å². The lowest BCUT2D eigenvalue weighted by Gasteiger charge is -2.34. The Balaban J connectivity index is 1.54. The van der Waals surface area contributed by atoms with Gasteiger partial charge in [0.25, 0.3) is 0 Å². The topological polar surface area (TPSA) is 74.8 Å². The zero-order valence-electron chi connectivity index (χ0n) is 16.5. The summed E-state index contributed by atoms with van der Waals surface area (Å²) in [5.41, 5.74) is 0. The van der Waals surface area contributed by atoms with E-state index in [-0.39, 0.29) is 10.9 Å². The van der Waals surface area contributed by atoms with Gasteiger partial charge in [-0.05, 0) is 36.4 Å². The fourth-order valence-electron chi connectivity index (χ4n) is 3.95. The first-order valence-electron chi connectivity index (χ1n) is 10.2. The Hall–Kier alpha value is -1.52. The second-order valence-corrected chi connectivity index (χ2v) is 10.3. The molecule has 2 aromatic heterocycles. The lowest BCUT2D eigenvalue weighted by atomic mass is 10.2. The predicted octanol–water partition coefficient (Wildman–Crippen LogP) is 2.80. The van der Waals surface area contributed by atoms with Crippen molar-refractivity contribution in [3.8, 4) is 0 Å². The molecule has 0 aliphatic carbocycles. The lowest BCUT2D eigenvalue weighted by Crippen LogP contribution is -2.41. The van der Waals surface area contributed by atoms with Crippen LogP contribution in [0.15, 0.2) is 40.7 Å². The molecule has 0 spiro atoms. The van der Waals surface area contributed by atoms with Crippen molar-refractivity contribution in [2.24, 2.45) is 0 Å². The van der Waals surface area contributed by atoms with Crippen molar-refractivity contribution in [2.75, 3.05) is 51.3 Å². The first-order valence-corrected chi connectivity index (χ1v) is 12.5. The van der Waals surface area contributed by atoms with Gasteiger partial charge in [0, 0.05) is 43.8 Å². The number of aromatic nitrogens is 1. The minimum Gasteiger partial charge on any atom is -0.379 e. The highest BCUT2D eigenvalue weighted by Gasteiger charge is 2.30. The van der Waals surface area contributed by atoms with E-state index in [1.807, 2.05) is 0 Å². The molecule has 1 N–H and O–H groups in total. The third-order valence-electron chi connectivity index (χ3n) is 5.52. The van der Waals surface area contributed by atoms with Crippen LogP contribution in [0.4, 0.5) is 5.82 Å². The standard InChI is InChI=1S/C20H28N4O3S2/c25-29(26,24-9-2-1-3-10-24)19-7-4-8-21-20(19)22-16-17(18-6-5-15-28-18)23-11-13-27-14-12-23/h4-8,15,17H,1-3,9-14,16H2,(H,21,22). The molecule has 158 valence electrons. The molecular formula is C20H28N4O3S2. The average Bonchev–Trinajstić information content (AvgIpc) is 3.30. The van der Waals surface area contributed by atoms with E-state index in [0.717, 1.165) is 45.6 Å². The van der Waals surface area contributed by atoms with Gasteiger partial charge in [-0.25, -0.2) is 13.4 Å². The largest absolute Gasteiger partial charge is 0.379 e. The number of pyridine rings is 1. The molecule has 9 heteroatoms. The van der Waals surface area contributed by atoms with Crippen LogP contribution in [0.25, 0.3) is 0 Å². The fraction of sp³-hybridized carbons (Fsp3) is 0.550. The van der Waals surface area contributed by atoms with Crippen LogP contribution in [-0.2, 0) is 14.8 Å². The number of nitrogens with zero attached hydrogens (tertiary/aromatic N) is 3. The summed E-state index contributed by atoms with van der Waals surface area (Å²) < 4.78 is 33.5.